The lowest BCUT2D eigenvalue weighted by Crippen LogP contribution is -1.97. The van der Waals surface area contributed by atoms with Gasteiger partial charge in [0.25, 0.3) is 0 Å². The van der Waals surface area contributed by atoms with Gasteiger partial charge in [-0.1, -0.05) is 82.2 Å². The van der Waals surface area contributed by atoms with Gasteiger partial charge < -0.3 is 4.74 Å². The molecule has 0 radical (unpaired) electrons. The Labute approximate surface area is 132 Å². The predicted octanol–water partition coefficient (Wildman–Crippen LogP) is 6.17. The van der Waals surface area contributed by atoms with E-state index in [1.165, 1.54) is 76.2 Å². The minimum Gasteiger partial charge on any atom is -0.381 e. The van der Waals surface area contributed by atoms with Crippen LogP contribution < -0.4 is 0 Å². The maximum Gasteiger partial charge on any atom is 0.0466 e. The molecule has 1 aromatic rings. The third-order valence-corrected chi connectivity index (χ3v) is 3.99. The fourth-order valence-electron chi connectivity index (χ4n) is 2.62. The smallest absolute Gasteiger partial charge is 0.0466 e. The van der Waals surface area contributed by atoms with E-state index in [0.29, 0.717) is 0 Å². The zero-order valence-electron chi connectivity index (χ0n) is 14.0. The largest absolute Gasteiger partial charge is 0.381 e. The summed E-state index contributed by atoms with van der Waals surface area (Å²) in [5.74, 6) is 0. The molecule has 0 aliphatic carbocycles. The molecule has 0 spiro atoms. The number of hydrogen-bond acceptors (Lipinski definition) is 1. The SMILES string of the molecule is CCCCCCCOCCCCCCCc1ccccc1. The number of ether oxygens (including phenoxy) is 1. The molecule has 0 aromatic heterocycles. The van der Waals surface area contributed by atoms with Crippen LogP contribution in [0.25, 0.3) is 0 Å². The predicted molar refractivity (Wildman–Crippen MR) is 92.8 cm³/mol. The zero-order valence-corrected chi connectivity index (χ0v) is 14.0. The summed E-state index contributed by atoms with van der Waals surface area (Å²) < 4.78 is 5.69. The number of benzene rings is 1. The van der Waals surface area contributed by atoms with Gasteiger partial charge in [0.2, 0.25) is 0 Å². The Morgan fingerprint density at radius 2 is 1.24 bits per heavy atom. The first-order chi connectivity index (χ1) is 10.4. The Morgan fingerprint density at radius 1 is 0.667 bits per heavy atom. The summed E-state index contributed by atoms with van der Waals surface area (Å²) in [6.45, 7) is 4.19. The second-order valence-electron chi connectivity index (χ2n) is 6.03. The molecule has 120 valence electrons. The van der Waals surface area contributed by atoms with Gasteiger partial charge >= 0.3 is 0 Å². The van der Waals surface area contributed by atoms with Gasteiger partial charge in [0, 0.05) is 13.2 Å². The number of rotatable bonds is 14. The first kappa shape index (κ1) is 18.2. The van der Waals surface area contributed by atoms with E-state index in [2.05, 4.69) is 37.3 Å². The Morgan fingerprint density at radius 3 is 1.90 bits per heavy atom. The van der Waals surface area contributed by atoms with E-state index in [1.54, 1.807) is 0 Å². The normalized spacial score (nSPS) is 10.9. The lowest BCUT2D eigenvalue weighted by atomic mass is 10.1. The van der Waals surface area contributed by atoms with E-state index in [0.717, 1.165) is 13.2 Å². The van der Waals surface area contributed by atoms with E-state index < -0.39 is 0 Å². The van der Waals surface area contributed by atoms with Crippen LogP contribution in [0.2, 0.25) is 0 Å². The van der Waals surface area contributed by atoms with Gasteiger partial charge in [-0.2, -0.15) is 0 Å². The maximum absolute atomic E-state index is 5.69. The van der Waals surface area contributed by atoms with Crippen molar-refractivity contribution in [1.29, 1.82) is 0 Å². The summed E-state index contributed by atoms with van der Waals surface area (Å²) in [7, 11) is 0. The zero-order chi connectivity index (χ0) is 15.0. The van der Waals surface area contributed by atoms with Gasteiger partial charge in [-0.3, -0.25) is 0 Å². The molecule has 0 saturated heterocycles. The van der Waals surface area contributed by atoms with E-state index in [1.807, 2.05) is 0 Å². The van der Waals surface area contributed by atoms with Crippen LogP contribution in [-0.2, 0) is 11.2 Å². The molecule has 0 bridgehead atoms. The van der Waals surface area contributed by atoms with Gasteiger partial charge in [0.15, 0.2) is 0 Å². The van der Waals surface area contributed by atoms with Crippen molar-refractivity contribution in [3.8, 4) is 0 Å². The topological polar surface area (TPSA) is 9.23 Å². The Hall–Kier alpha value is -0.820. The second kappa shape index (κ2) is 14.1. The van der Waals surface area contributed by atoms with Gasteiger partial charge in [-0.05, 0) is 31.2 Å². The molecular formula is C20H34O. The van der Waals surface area contributed by atoms with Crippen LogP contribution in [0.5, 0.6) is 0 Å². The summed E-state index contributed by atoms with van der Waals surface area (Å²) in [5.41, 5.74) is 1.48. The molecule has 0 N–H and O–H groups in total. The molecule has 0 heterocycles. The van der Waals surface area contributed by atoms with Gasteiger partial charge in [0.1, 0.15) is 0 Å². The van der Waals surface area contributed by atoms with E-state index in [4.69, 9.17) is 4.74 Å². The van der Waals surface area contributed by atoms with Crippen molar-refractivity contribution >= 4 is 0 Å². The van der Waals surface area contributed by atoms with Gasteiger partial charge in [-0.25, -0.2) is 0 Å². The third-order valence-electron chi connectivity index (χ3n) is 3.99. The van der Waals surface area contributed by atoms with Crippen LogP contribution in [0, 0.1) is 0 Å². The molecule has 1 heteroatoms. The van der Waals surface area contributed by atoms with Crippen molar-refractivity contribution in [2.24, 2.45) is 0 Å². The number of hydrogen-bond donors (Lipinski definition) is 0. The van der Waals surface area contributed by atoms with Crippen LogP contribution in [-0.4, -0.2) is 13.2 Å². The van der Waals surface area contributed by atoms with Crippen molar-refractivity contribution < 1.29 is 4.74 Å². The van der Waals surface area contributed by atoms with Crippen molar-refractivity contribution in [2.75, 3.05) is 13.2 Å². The van der Waals surface area contributed by atoms with Gasteiger partial charge in [-0.15, -0.1) is 0 Å². The van der Waals surface area contributed by atoms with Crippen LogP contribution in [0.3, 0.4) is 0 Å². The van der Waals surface area contributed by atoms with Crippen LogP contribution >= 0.6 is 0 Å². The molecule has 0 atom stereocenters. The molecule has 1 nitrogen and oxygen atoms in total. The first-order valence-electron chi connectivity index (χ1n) is 9.05. The van der Waals surface area contributed by atoms with Crippen LogP contribution in [0.15, 0.2) is 30.3 Å². The lowest BCUT2D eigenvalue weighted by Gasteiger charge is -2.05. The molecule has 1 aromatic carbocycles. The molecular weight excluding hydrogens is 256 g/mol. The third kappa shape index (κ3) is 11.5. The van der Waals surface area contributed by atoms with Crippen molar-refractivity contribution in [3.63, 3.8) is 0 Å². The van der Waals surface area contributed by atoms with Crippen molar-refractivity contribution in [3.05, 3.63) is 35.9 Å². The van der Waals surface area contributed by atoms with E-state index in [9.17, 15) is 0 Å². The lowest BCUT2D eigenvalue weighted by molar-refractivity contribution is 0.125. The molecule has 0 saturated carbocycles. The van der Waals surface area contributed by atoms with Crippen molar-refractivity contribution in [1.82, 2.24) is 0 Å². The summed E-state index contributed by atoms with van der Waals surface area (Å²) >= 11 is 0. The second-order valence-corrected chi connectivity index (χ2v) is 6.03. The maximum atomic E-state index is 5.69. The number of aryl methyl sites for hydroxylation is 1. The summed E-state index contributed by atoms with van der Waals surface area (Å²) in [6.07, 6.45) is 14.5. The van der Waals surface area contributed by atoms with Crippen LogP contribution in [0.1, 0.15) is 76.7 Å². The quantitative estimate of drug-likeness (QED) is 0.372. The highest BCUT2D eigenvalue weighted by Crippen LogP contribution is 2.09. The molecule has 0 amide bonds. The molecule has 0 aliphatic rings. The van der Waals surface area contributed by atoms with Gasteiger partial charge in [0.05, 0.1) is 0 Å². The molecule has 0 unspecified atom stereocenters. The van der Waals surface area contributed by atoms with Crippen molar-refractivity contribution in [2.45, 2.75) is 77.6 Å². The highest BCUT2D eigenvalue weighted by molar-refractivity contribution is 5.14. The van der Waals surface area contributed by atoms with E-state index >= 15 is 0 Å². The average Bonchev–Trinajstić information content (AvgIpc) is 2.53. The molecule has 1 rings (SSSR count). The fraction of sp³-hybridized carbons (Fsp3) is 0.700. The fourth-order valence-corrected chi connectivity index (χ4v) is 2.62. The minimum absolute atomic E-state index is 0.965. The Kier molecular flexibility index (Phi) is 12.3. The summed E-state index contributed by atoms with van der Waals surface area (Å²) in [5, 5.41) is 0. The number of unbranched alkanes of at least 4 members (excludes halogenated alkanes) is 8. The standard InChI is InChI=1S/C20H34O/c1-2-3-4-7-13-18-21-19-14-8-5-6-10-15-20-16-11-9-12-17-20/h9,11-12,16-17H,2-8,10,13-15,18-19H2,1H3. The Bertz CT molecular complexity index is 307. The highest BCUT2D eigenvalue weighted by Gasteiger charge is 1.94. The molecule has 0 fully saturated rings. The first-order valence-corrected chi connectivity index (χ1v) is 9.05. The van der Waals surface area contributed by atoms with E-state index in [-0.39, 0.29) is 0 Å². The molecule has 0 aliphatic heterocycles. The summed E-state index contributed by atoms with van der Waals surface area (Å²) in [6, 6.07) is 10.8. The Balaban J connectivity index is 1.75. The average molecular weight is 290 g/mol. The minimum atomic E-state index is 0.965. The molecule has 21 heavy (non-hydrogen) atoms. The monoisotopic (exact) mass is 290 g/mol. The van der Waals surface area contributed by atoms with Crippen LogP contribution in [0.4, 0.5) is 0 Å². The summed E-state index contributed by atoms with van der Waals surface area (Å²) in [4.78, 5) is 0. The highest BCUT2D eigenvalue weighted by atomic mass is 16.5.